The molecule has 0 fully saturated rings. The number of thiazole rings is 1. The lowest BCUT2D eigenvalue weighted by Gasteiger charge is -2.22. The zero-order valence-corrected chi connectivity index (χ0v) is 14.2. The maximum Gasteiger partial charge on any atom is 0.270 e. The average molecular weight is 346 g/mol. The van der Waals surface area contributed by atoms with Crippen LogP contribution in [0.15, 0.2) is 48.1 Å². The van der Waals surface area contributed by atoms with E-state index in [2.05, 4.69) is 9.97 Å². The quantitative estimate of drug-likeness (QED) is 0.750. The first-order chi connectivity index (χ1) is 11.1. The molecule has 0 aliphatic carbocycles. The number of aryl methyl sites for hydroxylation is 1. The van der Waals surface area contributed by atoms with E-state index < -0.39 is 0 Å². The summed E-state index contributed by atoms with van der Waals surface area (Å²) in [5, 5.41) is 0.530. The Morgan fingerprint density at radius 3 is 2.70 bits per heavy atom. The molecule has 0 atom stereocenters. The van der Waals surface area contributed by atoms with E-state index in [0.717, 1.165) is 16.1 Å². The molecule has 23 heavy (non-hydrogen) atoms. The van der Waals surface area contributed by atoms with E-state index in [1.54, 1.807) is 34.0 Å². The lowest BCUT2D eigenvalue weighted by Crippen LogP contribution is -2.30. The summed E-state index contributed by atoms with van der Waals surface area (Å²) in [6, 6.07) is 11.6. The number of hydrogen-bond acceptors (Lipinski definition) is 3. The SMILES string of the molecule is Cc1ncsc1CN(Cc1ccccc1)C(=O)c1cc(Cl)c[nH]1. The van der Waals surface area contributed by atoms with Crippen LogP contribution in [-0.4, -0.2) is 20.8 Å². The number of nitrogens with one attached hydrogen (secondary N) is 1. The van der Waals surface area contributed by atoms with E-state index >= 15 is 0 Å². The molecular weight excluding hydrogens is 330 g/mol. The molecule has 0 radical (unpaired) electrons. The van der Waals surface area contributed by atoms with Crippen molar-refractivity contribution in [2.24, 2.45) is 0 Å². The average Bonchev–Trinajstić information content (AvgIpc) is 3.16. The zero-order valence-electron chi connectivity index (χ0n) is 12.6. The van der Waals surface area contributed by atoms with Crippen molar-refractivity contribution < 1.29 is 4.79 Å². The van der Waals surface area contributed by atoms with E-state index in [0.29, 0.717) is 23.8 Å². The van der Waals surface area contributed by atoms with Crippen molar-refractivity contribution in [3.8, 4) is 0 Å². The lowest BCUT2D eigenvalue weighted by atomic mass is 10.2. The summed E-state index contributed by atoms with van der Waals surface area (Å²) in [5.74, 6) is -0.0754. The van der Waals surface area contributed by atoms with Crippen LogP contribution in [0.5, 0.6) is 0 Å². The number of nitrogens with zero attached hydrogens (tertiary/aromatic N) is 2. The number of carbonyl (C=O) groups is 1. The highest BCUT2D eigenvalue weighted by Crippen LogP contribution is 2.20. The van der Waals surface area contributed by atoms with Crippen LogP contribution < -0.4 is 0 Å². The molecule has 0 saturated carbocycles. The molecule has 3 rings (SSSR count). The summed E-state index contributed by atoms with van der Waals surface area (Å²) in [6.07, 6.45) is 1.62. The monoisotopic (exact) mass is 345 g/mol. The van der Waals surface area contributed by atoms with Crippen molar-refractivity contribution in [3.63, 3.8) is 0 Å². The Balaban J connectivity index is 1.86. The number of H-pyrrole nitrogens is 1. The Morgan fingerprint density at radius 1 is 1.30 bits per heavy atom. The van der Waals surface area contributed by atoms with Crippen LogP contribution in [0, 0.1) is 6.92 Å². The predicted molar refractivity (Wildman–Crippen MR) is 92.7 cm³/mol. The molecule has 0 saturated heterocycles. The molecule has 2 heterocycles. The Kier molecular flexibility index (Phi) is 4.79. The van der Waals surface area contributed by atoms with E-state index in [1.165, 1.54) is 0 Å². The van der Waals surface area contributed by atoms with E-state index in [1.807, 2.05) is 37.3 Å². The maximum atomic E-state index is 12.8. The van der Waals surface area contributed by atoms with Crippen LogP contribution in [0.1, 0.15) is 26.6 Å². The molecule has 4 nitrogen and oxygen atoms in total. The first kappa shape index (κ1) is 15.8. The van der Waals surface area contributed by atoms with Gasteiger partial charge in [0.2, 0.25) is 0 Å². The molecule has 6 heteroatoms. The molecule has 0 aliphatic rings. The van der Waals surface area contributed by atoms with Crippen molar-refractivity contribution >= 4 is 28.8 Å². The van der Waals surface area contributed by atoms with Gasteiger partial charge in [0.15, 0.2) is 0 Å². The molecule has 118 valence electrons. The third-order valence-corrected chi connectivity index (χ3v) is 4.70. The van der Waals surface area contributed by atoms with Gasteiger partial charge in [0, 0.05) is 17.6 Å². The third kappa shape index (κ3) is 3.81. The molecule has 2 aromatic heterocycles. The van der Waals surface area contributed by atoms with Crippen LogP contribution >= 0.6 is 22.9 Å². The van der Waals surface area contributed by atoms with Crippen LogP contribution in [0.4, 0.5) is 0 Å². The molecule has 0 unspecified atom stereocenters. The normalized spacial score (nSPS) is 10.7. The van der Waals surface area contributed by atoms with E-state index in [4.69, 9.17) is 11.6 Å². The predicted octanol–water partition coefficient (Wildman–Crippen LogP) is 4.28. The highest BCUT2D eigenvalue weighted by atomic mass is 35.5. The van der Waals surface area contributed by atoms with Gasteiger partial charge in [-0.2, -0.15) is 0 Å². The van der Waals surface area contributed by atoms with Crippen LogP contribution in [-0.2, 0) is 13.1 Å². The molecule has 1 aromatic carbocycles. The smallest absolute Gasteiger partial charge is 0.270 e. The van der Waals surface area contributed by atoms with Crippen LogP contribution in [0.2, 0.25) is 5.02 Å². The molecule has 1 N–H and O–H groups in total. The highest BCUT2D eigenvalue weighted by molar-refractivity contribution is 7.09. The van der Waals surface area contributed by atoms with Crippen LogP contribution in [0.3, 0.4) is 0 Å². The number of carbonyl (C=O) groups excluding carboxylic acids is 1. The van der Waals surface area contributed by atoms with Gasteiger partial charge < -0.3 is 9.88 Å². The standard InChI is InChI=1S/C17H16ClN3OS/c1-12-16(23-11-20-12)10-21(9-13-5-3-2-4-6-13)17(22)15-7-14(18)8-19-15/h2-8,11,19H,9-10H2,1H3. The molecule has 3 aromatic rings. The molecule has 1 amide bonds. The largest absolute Gasteiger partial charge is 0.356 e. The second-order valence-corrected chi connectivity index (χ2v) is 6.62. The number of amides is 1. The first-order valence-electron chi connectivity index (χ1n) is 7.19. The number of aromatic amines is 1. The molecular formula is C17H16ClN3OS. The fourth-order valence-corrected chi connectivity index (χ4v) is 3.27. The minimum atomic E-state index is -0.0754. The number of aromatic nitrogens is 2. The van der Waals surface area contributed by atoms with Gasteiger partial charge in [-0.3, -0.25) is 4.79 Å². The highest BCUT2D eigenvalue weighted by Gasteiger charge is 2.19. The van der Waals surface area contributed by atoms with Gasteiger partial charge in [0.05, 0.1) is 22.8 Å². The fourth-order valence-electron chi connectivity index (χ4n) is 2.32. The topological polar surface area (TPSA) is 49.0 Å². The van der Waals surface area contributed by atoms with Gasteiger partial charge in [-0.05, 0) is 18.6 Å². The Hall–Kier alpha value is -2.11. The van der Waals surface area contributed by atoms with Gasteiger partial charge in [0.25, 0.3) is 5.91 Å². The minimum Gasteiger partial charge on any atom is -0.356 e. The van der Waals surface area contributed by atoms with Crippen molar-refractivity contribution in [1.29, 1.82) is 0 Å². The summed E-state index contributed by atoms with van der Waals surface area (Å²) < 4.78 is 0. The van der Waals surface area contributed by atoms with Gasteiger partial charge >= 0.3 is 0 Å². The minimum absolute atomic E-state index is 0.0754. The van der Waals surface area contributed by atoms with Crippen molar-refractivity contribution in [2.75, 3.05) is 0 Å². The van der Waals surface area contributed by atoms with Gasteiger partial charge in [-0.1, -0.05) is 41.9 Å². The molecule has 0 spiro atoms. The maximum absolute atomic E-state index is 12.8. The summed E-state index contributed by atoms with van der Waals surface area (Å²) in [6.45, 7) is 3.02. The van der Waals surface area contributed by atoms with Crippen LogP contribution in [0.25, 0.3) is 0 Å². The lowest BCUT2D eigenvalue weighted by molar-refractivity contribution is 0.0726. The summed E-state index contributed by atoms with van der Waals surface area (Å²) in [7, 11) is 0. The first-order valence-corrected chi connectivity index (χ1v) is 8.45. The van der Waals surface area contributed by atoms with Gasteiger partial charge in [-0.25, -0.2) is 4.98 Å². The number of halogens is 1. The van der Waals surface area contributed by atoms with Crippen molar-refractivity contribution in [3.05, 3.63) is 75.0 Å². The Morgan fingerprint density at radius 2 is 2.09 bits per heavy atom. The zero-order chi connectivity index (χ0) is 16.2. The van der Waals surface area contributed by atoms with Gasteiger partial charge in [0.1, 0.15) is 5.69 Å². The van der Waals surface area contributed by atoms with Crippen molar-refractivity contribution in [2.45, 2.75) is 20.0 Å². The van der Waals surface area contributed by atoms with Crippen molar-refractivity contribution in [1.82, 2.24) is 14.9 Å². The number of rotatable bonds is 5. The van der Waals surface area contributed by atoms with E-state index in [-0.39, 0.29) is 5.91 Å². The second kappa shape index (κ2) is 6.98. The molecule has 0 bridgehead atoms. The van der Waals surface area contributed by atoms with Gasteiger partial charge in [-0.15, -0.1) is 11.3 Å². The fraction of sp³-hybridized carbons (Fsp3) is 0.176. The summed E-state index contributed by atoms with van der Waals surface area (Å²) in [4.78, 5) is 22.9. The summed E-state index contributed by atoms with van der Waals surface area (Å²) >= 11 is 7.49. The van der Waals surface area contributed by atoms with E-state index in [9.17, 15) is 4.79 Å². The third-order valence-electron chi connectivity index (χ3n) is 3.56. The number of hydrogen-bond donors (Lipinski definition) is 1. The number of benzene rings is 1. The molecule has 0 aliphatic heterocycles. The summed E-state index contributed by atoms with van der Waals surface area (Å²) in [5.41, 5.74) is 4.35. The second-order valence-electron chi connectivity index (χ2n) is 5.24. The Bertz CT molecular complexity index is 797. The Labute approximate surface area is 143 Å².